The molecule has 2 nitrogen and oxygen atoms in total. The molecule has 0 fully saturated rings. The molecule has 20 heavy (non-hydrogen) atoms. The maximum Gasteiger partial charge on any atom is 0.162 e. The summed E-state index contributed by atoms with van der Waals surface area (Å²) in [6.45, 7) is 3.24. The zero-order valence-corrected chi connectivity index (χ0v) is 12.7. The van der Waals surface area contributed by atoms with Crippen molar-refractivity contribution in [2.24, 2.45) is 0 Å². The Labute approximate surface area is 123 Å². The van der Waals surface area contributed by atoms with Crippen molar-refractivity contribution in [2.45, 2.75) is 64.7 Å². The molecule has 110 valence electrons. The number of carbonyl (C=O) groups is 1. The minimum absolute atomic E-state index is 0.301. The number of benzene rings is 1. The number of carbonyl (C=O) groups excluding carboxylic acids is 1. The minimum Gasteiger partial charge on any atom is -0.384 e. The first-order chi connectivity index (χ1) is 9.81. The molecule has 2 rings (SSSR count). The van der Waals surface area contributed by atoms with Gasteiger partial charge in [0, 0.05) is 24.2 Å². The minimum atomic E-state index is 0.301. The van der Waals surface area contributed by atoms with Gasteiger partial charge in [-0.15, -0.1) is 0 Å². The third-order valence-corrected chi connectivity index (χ3v) is 4.15. The van der Waals surface area contributed by atoms with Crippen LogP contribution in [-0.2, 0) is 6.42 Å². The Bertz CT molecular complexity index is 439. The molecule has 0 radical (unpaired) electrons. The number of anilines is 1. The summed E-state index contributed by atoms with van der Waals surface area (Å²) >= 11 is 0. The van der Waals surface area contributed by atoms with Gasteiger partial charge in [-0.1, -0.05) is 57.6 Å². The Morgan fingerprint density at radius 3 is 2.65 bits per heavy atom. The van der Waals surface area contributed by atoms with Crippen LogP contribution in [0.5, 0.6) is 0 Å². The van der Waals surface area contributed by atoms with Gasteiger partial charge in [0.1, 0.15) is 0 Å². The van der Waals surface area contributed by atoms with Gasteiger partial charge in [0.15, 0.2) is 5.78 Å². The van der Waals surface area contributed by atoms with Crippen molar-refractivity contribution in [2.75, 3.05) is 11.9 Å². The fourth-order valence-corrected chi connectivity index (χ4v) is 2.85. The Hall–Kier alpha value is -1.31. The van der Waals surface area contributed by atoms with E-state index in [4.69, 9.17) is 0 Å². The topological polar surface area (TPSA) is 29.1 Å². The first-order valence-corrected chi connectivity index (χ1v) is 8.21. The van der Waals surface area contributed by atoms with Crippen molar-refractivity contribution >= 4 is 11.5 Å². The van der Waals surface area contributed by atoms with E-state index in [2.05, 4.69) is 18.3 Å². The van der Waals surface area contributed by atoms with Crippen LogP contribution in [0.3, 0.4) is 0 Å². The van der Waals surface area contributed by atoms with E-state index in [0.29, 0.717) is 12.2 Å². The van der Waals surface area contributed by atoms with Crippen molar-refractivity contribution in [3.63, 3.8) is 0 Å². The molecule has 0 bridgehead atoms. The summed E-state index contributed by atoms with van der Waals surface area (Å²) in [6, 6.07) is 6.13. The predicted octanol–water partition coefficient (Wildman–Crippen LogP) is 4.98. The normalized spacial score (nSPS) is 13.1. The average molecular weight is 273 g/mol. The summed E-state index contributed by atoms with van der Waals surface area (Å²) < 4.78 is 0. The number of nitrogens with one attached hydrogen (secondary N) is 1. The van der Waals surface area contributed by atoms with Crippen LogP contribution in [0.25, 0.3) is 0 Å². The molecule has 0 atom stereocenters. The number of fused-ring (bicyclic) bond motifs is 1. The van der Waals surface area contributed by atoms with Crippen molar-refractivity contribution in [3.05, 3.63) is 29.3 Å². The van der Waals surface area contributed by atoms with Crippen LogP contribution in [-0.4, -0.2) is 12.3 Å². The Morgan fingerprint density at radius 2 is 1.85 bits per heavy atom. The molecule has 0 spiro atoms. The highest BCUT2D eigenvalue weighted by molar-refractivity contribution is 5.97. The fourth-order valence-electron chi connectivity index (χ4n) is 2.85. The van der Waals surface area contributed by atoms with E-state index < -0.39 is 0 Å². The largest absolute Gasteiger partial charge is 0.384 e. The summed E-state index contributed by atoms with van der Waals surface area (Å²) in [7, 11) is 0. The molecule has 1 aromatic carbocycles. The van der Waals surface area contributed by atoms with Crippen LogP contribution in [0.2, 0.25) is 0 Å². The summed E-state index contributed by atoms with van der Waals surface area (Å²) in [5, 5.41) is 3.34. The summed E-state index contributed by atoms with van der Waals surface area (Å²) in [5.74, 6) is 0.301. The van der Waals surface area contributed by atoms with Crippen LogP contribution in [0, 0.1) is 0 Å². The second kappa shape index (κ2) is 8.08. The molecule has 0 aromatic heterocycles. The van der Waals surface area contributed by atoms with Gasteiger partial charge in [-0.2, -0.15) is 0 Å². The Kier molecular flexibility index (Phi) is 6.10. The van der Waals surface area contributed by atoms with Crippen molar-refractivity contribution in [1.82, 2.24) is 0 Å². The molecule has 1 N–H and O–H groups in total. The highest BCUT2D eigenvalue weighted by Gasteiger charge is 2.13. The van der Waals surface area contributed by atoms with Crippen LogP contribution in [0.15, 0.2) is 18.2 Å². The van der Waals surface area contributed by atoms with Gasteiger partial charge >= 0.3 is 0 Å². The first-order valence-electron chi connectivity index (χ1n) is 8.21. The number of ketones is 1. The maximum atomic E-state index is 12.2. The Morgan fingerprint density at radius 1 is 1.10 bits per heavy atom. The predicted molar refractivity (Wildman–Crippen MR) is 85.6 cm³/mol. The van der Waals surface area contributed by atoms with E-state index in [-0.39, 0.29) is 0 Å². The lowest BCUT2D eigenvalue weighted by atomic mass is 10.0. The monoisotopic (exact) mass is 273 g/mol. The molecule has 1 heterocycles. The highest BCUT2D eigenvalue weighted by atomic mass is 16.1. The Balaban J connectivity index is 1.67. The van der Waals surface area contributed by atoms with E-state index in [9.17, 15) is 4.79 Å². The number of rotatable bonds is 9. The smallest absolute Gasteiger partial charge is 0.162 e. The second-order valence-corrected chi connectivity index (χ2v) is 5.84. The van der Waals surface area contributed by atoms with Gasteiger partial charge in [-0.05, 0) is 24.5 Å². The lowest BCUT2D eigenvalue weighted by Crippen LogP contribution is -2.00. The second-order valence-electron chi connectivity index (χ2n) is 5.84. The van der Waals surface area contributed by atoms with Gasteiger partial charge in [-0.3, -0.25) is 4.79 Å². The molecule has 0 unspecified atom stereocenters. The van der Waals surface area contributed by atoms with Crippen LogP contribution in [0.4, 0.5) is 5.69 Å². The van der Waals surface area contributed by atoms with Gasteiger partial charge in [0.2, 0.25) is 0 Å². The number of hydrogen-bond donors (Lipinski definition) is 1. The summed E-state index contributed by atoms with van der Waals surface area (Å²) in [6.07, 6.45) is 10.6. The van der Waals surface area contributed by atoms with E-state index >= 15 is 0 Å². The van der Waals surface area contributed by atoms with Gasteiger partial charge in [0.25, 0.3) is 0 Å². The third kappa shape index (κ3) is 4.36. The quantitative estimate of drug-likeness (QED) is 0.508. The maximum absolute atomic E-state index is 12.2. The average Bonchev–Trinajstić information content (AvgIpc) is 2.93. The van der Waals surface area contributed by atoms with Crippen LogP contribution < -0.4 is 5.32 Å². The van der Waals surface area contributed by atoms with Gasteiger partial charge in [0.05, 0.1) is 0 Å². The van der Waals surface area contributed by atoms with Crippen molar-refractivity contribution in [3.8, 4) is 0 Å². The molecule has 2 heteroatoms. The highest BCUT2D eigenvalue weighted by Crippen LogP contribution is 2.24. The van der Waals surface area contributed by atoms with Gasteiger partial charge in [-0.25, -0.2) is 0 Å². The molecule has 0 amide bonds. The molecule has 0 saturated heterocycles. The molecule has 1 aromatic rings. The molecule has 1 aliphatic rings. The third-order valence-electron chi connectivity index (χ3n) is 4.15. The molecule has 0 saturated carbocycles. The van der Waals surface area contributed by atoms with Crippen molar-refractivity contribution in [1.29, 1.82) is 0 Å². The molecular formula is C18H27NO. The first kappa shape index (κ1) is 15.1. The number of unbranched alkanes of at least 4 members (excludes halogenated alkanes) is 6. The zero-order chi connectivity index (χ0) is 14.2. The standard InChI is InChI=1S/C18H27NO/c1-2-3-4-5-6-7-8-9-18(20)16-11-10-15-12-13-19-17(15)14-16/h10-11,14,19H,2-9,12-13H2,1H3. The van der Waals surface area contributed by atoms with E-state index in [0.717, 1.165) is 30.6 Å². The SMILES string of the molecule is CCCCCCCCCC(=O)c1ccc2c(c1)NCC2. The molecular weight excluding hydrogens is 246 g/mol. The number of Topliss-reactive ketones (excluding diaryl/α,β-unsaturated/α-hetero) is 1. The summed E-state index contributed by atoms with van der Waals surface area (Å²) in [5.41, 5.74) is 3.39. The van der Waals surface area contributed by atoms with E-state index in [1.165, 1.54) is 44.1 Å². The van der Waals surface area contributed by atoms with Gasteiger partial charge < -0.3 is 5.32 Å². The molecule has 1 aliphatic heterocycles. The van der Waals surface area contributed by atoms with Crippen molar-refractivity contribution < 1.29 is 4.79 Å². The molecule has 0 aliphatic carbocycles. The lowest BCUT2D eigenvalue weighted by molar-refractivity contribution is 0.0979. The fraction of sp³-hybridized carbons (Fsp3) is 0.611. The van der Waals surface area contributed by atoms with E-state index in [1.54, 1.807) is 0 Å². The van der Waals surface area contributed by atoms with Crippen LogP contribution in [0.1, 0.15) is 74.2 Å². The zero-order valence-electron chi connectivity index (χ0n) is 12.7. The summed E-state index contributed by atoms with van der Waals surface area (Å²) in [4.78, 5) is 12.2. The lowest BCUT2D eigenvalue weighted by Gasteiger charge is -2.05. The van der Waals surface area contributed by atoms with Crippen LogP contribution >= 0.6 is 0 Å². The van der Waals surface area contributed by atoms with E-state index in [1.807, 2.05) is 12.1 Å². The number of hydrogen-bond acceptors (Lipinski definition) is 2.